The van der Waals surface area contributed by atoms with Crippen molar-refractivity contribution in [2.75, 3.05) is 26.7 Å². The van der Waals surface area contributed by atoms with E-state index in [4.69, 9.17) is 5.73 Å². The van der Waals surface area contributed by atoms with E-state index in [-0.39, 0.29) is 5.66 Å². The molecule has 1 unspecified atom stereocenters. The van der Waals surface area contributed by atoms with Crippen molar-refractivity contribution in [1.82, 2.24) is 21.3 Å². The van der Waals surface area contributed by atoms with Crippen molar-refractivity contribution in [3.05, 3.63) is 28.8 Å². The van der Waals surface area contributed by atoms with Gasteiger partial charge in [0.2, 0.25) is 0 Å². The number of aromatic hydroxyl groups is 1. The van der Waals surface area contributed by atoms with E-state index in [1.54, 1.807) is 0 Å². The Morgan fingerprint density at radius 1 is 1.04 bits per heavy atom. The van der Waals surface area contributed by atoms with Crippen LogP contribution in [0.4, 0.5) is 0 Å². The molecule has 0 aromatic heterocycles. The molecule has 24 heavy (non-hydrogen) atoms. The Balaban J connectivity index is 2.67. The SMILES string of the molecule is CCNCc1cc(CNCCC(C)(N)NCC)cc(CNC)c1O. The summed E-state index contributed by atoms with van der Waals surface area (Å²) < 4.78 is 0. The first-order valence-electron chi connectivity index (χ1n) is 8.87. The molecular formula is C18H35N5O. The van der Waals surface area contributed by atoms with Gasteiger partial charge in [0.1, 0.15) is 5.75 Å². The molecule has 6 heteroatoms. The van der Waals surface area contributed by atoms with E-state index >= 15 is 0 Å². The van der Waals surface area contributed by atoms with Crippen LogP contribution in [-0.4, -0.2) is 37.5 Å². The Labute approximate surface area is 146 Å². The lowest BCUT2D eigenvalue weighted by Crippen LogP contribution is -2.52. The van der Waals surface area contributed by atoms with Crippen molar-refractivity contribution in [3.63, 3.8) is 0 Å². The summed E-state index contributed by atoms with van der Waals surface area (Å²) in [5.74, 6) is 0.385. The summed E-state index contributed by atoms with van der Waals surface area (Å²) in [6, 6.07) is 4.12. The highest BCUT2D eigenvalue weighted by molar-refractivity contribution is 5.43. The van der Waals surface area contributed by atoms with Crippen molar-refractivity contribution >= 4 is 0 Å². The summed E-state index contributed by atoms with van der Waals surface area (Å²) in [6.07, 6.45) is 0.854. The quantitative estimate of drug-likeness (QED) is 0.252. The second-order valence-electron chi connectivity index (χ2n) is 6.45. The molecule has 0 aliphatic rings. The second kappa shape index (κ2) is 10.6. The Hall–Kier alpha value is -1.18. The molecule has 0 aliphatic carbocycles. The third kappa shape index (κ3) is 7.15. The van der Waals surface area contributed by atoms with Gasteiger partial charge in [-0.2, -0.15) is 0 Å². The zero-order valence-electron chi connectivity index (χ0n) is 15.6. The molecule has 0 aliphatic heterocycles. The maximum atomic E-state index is 10.4. The molecule has 7 N–H and O–H groups in total. The number of hydrogen-bond acceptors (Lipinski definition) is 6. The summed E-state index contributed by atoms with van der Waals surface area (Å²) in [4.78, 5) is 0. The Morgan fingerprint density at radius 2 is 1.71 bits per heavy atom. The van der Waals surface area contributed by atoms with Gasteiger partial charge in [0, 0.05) is 30.8 Å². The van der Waals surface area contributed by atoms with Crippen molar-refractivity contribution in [3.8, 4) is 5.75 Å². The van der Waals surface area contributed by atoms with Gasteiger partial charge in [0.05, 0.1) is 5.66 Å². The third-order valence-corrected chi connectivity index (χ3v) is 3.99. The van der Waals surface area contributed by atoms with Gasteiger partial charge in [-0.3, -0.25) is 5.32 Å². The van der Waals surface area contributed by atoms with Crippen LogP contribution in [0.5, 0.6) is 5.75 Å². The van der Waals surface area contributed by atoms with E-state index in [1.165, 1.54) is 5.56 Å². The average Bonchev–Trinajstić information content (AvgIpc) is 2.53. The van der Waals surface area contributed by atoms with Gasteiger partial charge >= 0.3 is 0 Å². The number of nitrogens with two attached hydrogens (primary N) is 1. The first-order valence-corrected chi connectivity index (χ1v) is 8.87. The molecule has 0 radical (unpaired) electrons. The highest BCUT2D eigenvalue weighted by atomic mass is 16.3. The maximum absolute atomic E-state index is 10.4. The Bertz CT molecular complexity index is 491. The summed E-state index contributed by atoms with van der Waals surface area (Å²) in [7, 11) is 1.89. The Kier molecular flexibility index (Phi) is 9.25. The van der Waals surface area contributed by atoms with Crippen LogP contribution in [0, 0.1) is 0 Å². The number of rotatable bonds is 12. The molecule has 1 aromatic carbocycles. The smallest absolute Gasteiger partial charge is 0.124 e. The minimum absolute atomic E-state index is 0.343. The minimum atomic E-state index is -0.343. The van der Waals surface area contributed by atoms with Crippen LogP contribution < -0.4 is 27.0 Å². The van der Waals surface area contributed by atoms with Crippen LogP contribution >= 0.6 is 0 Å². The number of hydrogen-bond donors (Lipinski definition) is 6. The topological polar surface area (TPSA) is 94.4 Å². The van der Waals surface area contributed by atoms with Crippen molar-refractivity contribution < 1.29 is 5.11 Å². The van der Waals surface area contributed by atoms with Gasteiger partial charge in [-0.25, -0.2) is 0 Å². The molecule has 138 valence electrons. The van der Waals surface area contributed by atoms with Gasteiger partial charge in [-0.05, 0) is 57.7 Å². The van der Waals surface area contributed by atoms with Crippen molar-refractivity contribution in [2.24, 2.45) is 5.73 Å². The number of nitrogens with one attached hydrogen (secondary N) is 4. The van der Waals surface area contributed by atoms with Gasteiger partial charge in [0.25, 0.3) is 0 Å². The predicted molar refractivity (Wildman–Crippen MR) is 101 cm³/mol. The fourth-order valence-corrected chi connectivity index (χ4v) is 2.73. The van der Waals surface area contributed by atoms with Crippen LogP contribution in [0.3, 0.4) is 0 Å². The molecule has 0 spiro atoms. The molecule has 0 saturated carbocycles. The lowest BCUT2D eigenvalue weighted by atomic mass is 10.0. The lowest BCUT2D eigenvalue weighted by Gasteiger charge is -2.25. The number of phenolic OH excluding ortho intramolecular Hbond substituents is 1. The van der Waals surface area contributed by atoms with E-state index < -0.39 is 0 Å². The highest BCUT2D eigenvalue weighted by Gasteiger charge is 2.15. The Morgan fingerprint density at radius 3 is 2.29 bits per heavy atom. The molecule has 6 nitrogen and oxygen atoms in total. The van der Waals surface area contributed by atoms with E-state index in [2.05, 4.69) is 47.2 Å². The number of phenols is 1. The van der Waals surface area contributed by atoms with E-state index in [9.17, 15) is 5.11 Å². The number of benzene rings is 1. The standard InChI is InChI=1S/C18H35N5O/c1-5-21-13-16-10-14(9-15(12-20-4)17(16)24)11-22-8-7-18(3,19)23-6-2/h9-10,20-24H,5-8,11-13,19H2,1-4H3. The highest BCUT2D eigenvalue weighted by Crippen LogP contribution is 2.25. The summed E-state index contributed by atoms with van der Waals surface area (Å²) in [5, 5.41) is 23.5. The van der Waals surface area contributed by atoms with Crippen molar-refractivity contribution in [1.29, 1.82) is 0 Å². The molecule has 0 amide bonds. The molecular weight excluding hydrogens is 302 g/mol. The van der Waals surface area contributed by atoms with Crippen molar-refractivity contribution in [2.45, 2.75) is 52.5 Å². The zero-order chi connectivity index (χ0) is 18.0. The van der Waals surface area contributed by atoms with Crippen LogP contribution in [0.25, 0.3) is 0 Å². The molecule has 1 atom stereocenters. The third-order valence-electron chi connectivity index (χ3n) is 3.99. The summed E-state index contributed by atoms with van der Waals surface area (Å²) >= 11 is 0. The largest absolute Gasteiger partial charge is 0.507 e. The monoisotopic (exact) mass is 337 g/mol. The lowest BCUT2D eigenvalue weighted by molar-refractivity contribution is 0.343. The van der Waals surface area contributed by atoms with Gasteiger partial charge in [-0.15, -0.1) is 0 Å². The first-order chi connectivity index (χ1) is 11.4. The molecule has 0 saturated heterocycles. The fourth-order valence-electron chi connectivity index (χ4n) is 2.73. The summed E-state index contributed by atoms with van der Waals surface area (Å²) in [5.41, 5.74) is 8.87. The zero-order valence-corrected chi connectivity index (χ0v) is 15.6. The van der Waals surface area contributed by atoms with E-state index in [0.717, 1.165) is 43.7 Å². The molecule has 1 aromatic rings. The van der Waals surface area contributed by atoms with E-state index in [0.29, 0.717) is 18.8 Å². The van der Waals surface area contributed by atoms with Crippen LogP contribution in [0.1, 0.15) is 43.9 Å². The normalized spacial score (nSPS) is 13.9. The van der Waals surface area contributed by atoms with Gasteiger partial charge in [0.15, 0.2) is 0 Å². The predicted octanol–water partition coefficient (Wildman–Crippen LogP) is 0.985. The first kappa shape index (κ1) is 20.9. The molecule has 0 heterocycles. The van der Waals surface area contributed by atoms with Crippen LogP contribution in [-0.2, 0) is 19.6 Å². The van der Waals surface area contributed by atoms with Crippen LogP contribution in [0.2, 0.25) is 0 Å². The molecule has 0 bridgehead atoms. The minimum Gasteiger partial charge on any atom is -0.507 e. The van der Waals surface area contributed by atoms with Gasteiger partial charge < -0.3 is 26.8 Å². The fraction of sp³-hybridized carbons (Fsp3) is 0.667. The second-order valence-corrected chi connectivity index (χ2v) is 6.45. The van der Waals surface area contributed by atoms with Crippen LogP contribution in [0.15, 0.2) is 12.1 Å². The summed E-state index contributed by atoms with van der Waals surface area (Å²) in [6.45, 7) is 10.8. The maximum Gasteiger partial charge on any atom is 0.124 e. The molecule has 0 fully saturated rings. The van der Waals surface area contributed by atoms with E-state index in [1.807, 2.05) is 14.0 Å². The molecule has 1 rings (SSSR count). The average molecular weight is 338 g/mol. The van der Waals surface area contributed by atoms with Gasteiger partial charge in [-0.1, -0.05) is 13.8 Å².